The monoisotopic (exact) mass is 966 g/mol. The van der Waals surface area contributed by atoms with Crippen molar-refractivity contribution < 1.29 is 15.0 Å². The Labute approximate surface area is 433 Å². The molecule has 4 heteroatoms. The van der Waals surface area contributed by atoms with Gasteiger partial charge in [0.15, 0.2) is 0 Å². The molecule has 0 bridgehead atoms. The van der Waals surface area contributed by atoms with Gasteiger partial charge in [-0.25, -0.2) is 0 Å². The first-order valence-electron chi connectivity index (χ1n) is 31.3. The van der Waals surface area contributed by atoms with Gasteiger partial charge in [-0.05, 0) is 51.4 Å². The third-order valence-corrected chi connectivity index (χ3v) is 14.6. The van der Waals surface area contributed by atoms with Crippen molar-refractivity contribution in [2.45, 2.75) is 353 Å². The first kappa shape index (κ1) is 67.3. The van der Waals surface area contributed by atoms with Crippen LogP contribution in [0.1, 0.15) is 341 Å². The summed E-state index contributed by atoms with van der Waals surface area (Å²) in [6.45, 7) is 4.28. The number of hydrogen-bond donors (Lipinski definition) is 3. The first-order chi connectivity index (χ1) is 34.2. The van der Waals surface area contributed by atoms with Crippen LogP contribution < -0.4 is 5.32 Å². The minimum atomic E-state index is -0.658. The van der Waals surface area contributed by atoms with E-state index >= 15 is 0 Å². The molecular formula is C65H123NO3. The molecule has 0 aromatic heterocycles. The predicted octanol–water partition coefficient (Wildman–Crippen LogP) is 21.0. The molecule has 0 aromatic rings. The lowest BCUT2D eigenvalue weighted by molar-refractivity contribution is -0.123. The number of unbranched alkanes of at least 4 members (excludes halogenated alkanes) is 43. The van der Waals surface area contributed by atoms with Gasteiger partial charge in [-0.2, -0.15) is 0 Å². The van der Waals surface area contributed by atoms with Gasteiger partial charge in [0.2, 0.25) is 5.91 Å². The van der Waals surface area contributed by atoms with E-state index in [9.17, 15) is 15.0 Å². The SMILES string of the molecule is CC/C=C\C/C=C\C/C=C\C/C=C\CCCCCCCCCCCCCCCCCCCCCCCCCCCCC(=O)NC(CO)C(O)CCCCCCCCCCCCCCCCCCCC. The standard InChI is InChI=1S/C65H123NO3/c1-3-5-7-9-11-13-15-17-19-21-23-24-25-26-27-28-29-30-31-32-33-34-35-36-37-38-39-40-41-42-43-45-47-49-51-53-55-57-59-61-65(69)66-63(62-67)64(68)60-58-56-54-52-50-48-46-44-22-20-18-16-14-12-10-8-6-4-2/h5,7,11,13,17,19,23-24,63-64,67-68H,3-4,6,8-10,12,14-16,18,20-22,25-62H2,1-2H3,(H,66,69)/b7-5-,13-11-,19-17-,24-23-. The van der Waals surface area contributed by atoms with Gasteiger partial charge in [0.25, 0.3) is 0 Å². The maximum Gasteiger partial charge on any atom is 0.220 e. The normalized spacial score (nSPS) is 13.0. The molecule has 1 amide bonds. The van der Waals surface area contributed by atoms with Gasteiger partial charge in [-0.15, -0.1) is 0 Å². The Balaban J connectivity index is 3.37. The second-order valence-electron chi connectivity index (χ2n) is 21.5. The number of nitrogens with one attached hydrogen (secondary N) is 1. The fraction of sp³-hybridized carbons (Fsp3) is 0.862. The average Bonchev–Trinajstić information content (AvgIpc) is 3.35. The van der Waals surface area contributed by atoms with E-state index in [2.05, 4.69) is 67.8 Å². The zero-order chi connectivity index (χ0) is 49.9. The highest BCUT2D eigenvalue weighted by Gasteiger charge is 2.20. The molecule has 3 N–H and O–H groups in total. The van der Waals surface area contributed by atoms with E-state index in [1.807, 2.05) is 0 Å². The summed E-state index contributed by atoms with van der Waals surface area (Å²) in [6.07, 6.45) is 84.2. The zero-order valence-electron chi connectivity index (χ0n) is 46.8. The van der Waals surface area contributed by atoms with E-state index in [0.717, 1.165) is 51.4 Å². The van der Waals surface area contributed by atoms with Crippen LogP contribution in [-0.2, 0) is 4.79 Å². The summed E-state index contributed by atoms with van der Waals surface area (Å²) in [4.78, 5) is 12.5. The number of amides is 1. The molecule has 2 unspecified atom stereocenters. The summed E-state index contributed by atoms with van der Waals surface area (Å²) in [5, 5.41) is 23.4. The number of hydrogen-bond acceptors (Lipinski definition) is 3. The molecule has 0 heterocycles. The van der Waals surface area contributed by atoms with Gasteiger partial charge in [0.1, 0.15) is 0 Å². The van der Waals surface area contributed by atoms with Gasteiger partial charge < -0.3 is 15.5 Å². The van der Waals surface area contributed by atoms with Crippen molar-refractivity contribution in [1.82, 2.24) is 5.32 Å². The Morgan fingerprint density at radius 3 is 0.957 bits per heavy atom. The largest absolute Gasteiger partial charge is 0.394 e. The van der Waals surface area contributed by atoms with Crippen molar-refractivity contribution in [2.75, 3.05) is 6.61 Å². The van der Waals surface area contributed by atoms with Gasteiger partial charge in [-0.3, -0.25) is 4.79 Å². The fourth-order valence-corrected chi connectivity index (χ4v) is 9.89. The molecule has 4 nitrogen and oxygen atoms in total. The average molecular weight is 967 g/mol. The van der Waals surface area contributed by atoms with Crippen molar-refractivity contribution in [3.05, 3.63) is 48.6 Å². The van der Waals surface area contributed by atoms with E-state index in [4.69, 9.17) is 0 Å². The number of allylic oxidation sites excluding steroid dienone is 8. The molecule has 0 aliphatic carbocycles. The second-order valence-corrected chi connectivity index (χ2v) is 21.5. The van der Waals surface area contributed by atoms with Gasteiger partial charge >= 0.3 is 0 Å². The van der Waals surface area contributed by atoms with Crippen LogP contribution in [-0.4, -0.2) is 34.9 Å². The molecular weight excluding hydrogens is 843 g/mol. The molecule has 0 saturated carbocycles. The molecule has 0 aromatic carbocycles. The van der Waals surface area contributed by atoms with Crippen molar-refractivity contribution in [3.63, 3.8) is 0 Å². The Bertz CT molecular complexity index is 1090. The molecule has 0 fully saturated rings. The van der Waals surface area contributed by atoms with Gasteiger partial charge in [0, 0.05) is 6.42 Å². The lowest BCUT2D eigenvalue weighted by Crippen LogP contribution is -2.45. The number of rotatable bonds is 58. The predicted molar refractivity (Wildman–Crippen MR) is 308 cm³/mol. The maximum atomic E-state index is 12.5. The lowest BCUT2D eigenvalue weighted by atomic mass is 10.0. The minimum Gasteiger partial charge on any atom is -0.394 e. The highest BCUT2D eigenvalue weighted by atomic mass is 16.3. The molecule has 69 heavy (non-hydrogen) atoms. The molecule has 0 rings (SSSR count). The number of aliphatic hydroxyl groups excluding tert-OH is 2. The van der Waals surface area contributed by atoms with Crippen LogP contribution in [0.4, 0.5) is 0 Å². The fourth-order valence-electron chi connectivity index (χ4n) is 9.89. The molecule has 0 saturated heterocycles. The highest BCUT2D eigenvalue weighted by Crippen LogP contribution is 2.18. The Morgan fingerprint density at radius 2 is 0.638 bits per heavy atom. The van der Waals surface area contributed by atoms with Crippen molar-refractivity contribution in [1.29, 1.82) is 0 Å². The molecule has 406 valence electrons. The quantitative estimate of drug-likeness (QED) is 0.0420. The summed E-state index contributed by atoms with van der Waals surface area (Å²) in [7, 11) is 0. The van der Waals surface area contributed by atoms with Crippen LogP contribution in [0.2, 0.25) is 0 Å². The number of aliphatic hydroxyl groups is 2. The first-order valence-corrected chi connectivity index (χ1v) is 31.3. The third-order valence-electron chi connectivity index (χ3n) is 14.6. The van der Waals surface area contributed by atoms with E-state index < -0.39 is 12.1 Å². The van der Waals surface area contributed by atoms with E-state index in [1.54, 1.807) is 0 Å². The molecule has 0 aliphatic rings. The molecule has 2 atom stereocenters. The molecule has 0 radical (unpaired) electrons. The van der Waals surface area contributed by atoms with E-state index in [1.165, 1.54) is 263 Å². The van der Waals surface area contributed by atoms with Crippen LogP contribution in [0.5, 0.6) is 0 Å². The number of carbonyl (C=O) groups excluding carboxylic acids is 1. The Hall–Kier alpha value is -1.65. The van der Waals surface area contributed by atoms with Crippen LogP contribution in [0.15, 0.2) is 48.6 Å². The highest BCUT2D eigenvalue weighted by molar-refractivity contribution is 5.76. The Morgan fingerprint density at radius 1 is 0.362 bits per heavy atom. The van der Waals surface area contributed by atoms with Crippen molar-refractivity contribution in [3.8, 4) is 0 Å². The lowest BCUT2D eigenvalue weighted by Gasteiger charge is -2.22. The number of carbonyl (C=O) groups is 1. The summed E-state index contributed by atoms with van der Waals surface area (Å²) >= 11 is 0. The second kappa shape index (κ2) is 60.7. The van der Waals surface area contributed by atoms with Crippen LogP contribution in [0.3, 0.4) is 0 Å². The van der Waals surface area contributed by atoms with Crippen molar-refractivity contribution in [2.24, 2.45) is 0 Å². The third kappa shape index (κ3) is 57.1. The van der Waals surface area contributed by atoms with Crippen LogP contribution >= 0.6 is 0 Å². The summed E-state index contributed by atoms with van der Waals surface area (Å²) < 4.78 is 0. The van der Waals surface area contributed by atoms with E-state index in [0.29, 0.717) is 12.8 Å². The van der Waals surface area contributed by atoms with Crippen LogP contribution in [0, 0.1) is 0 Å². The molecule has 0 spiro atoms. The zero-order valence-corrected chi connectivity index (χ0v) is 46.8. The van der Waals surface area contributed by atoms with Crippen LogP contribution in [0.25, 0.3) is 0 Å². The summed E-state index contributed by atoms with van der Waals surface area (Å²) in [6, 6.07) is -0.535. The maximum absolute atomic E-state index is 12.5. The summed E-state index contributed by atoms with van der Waals surface area (Å²) in [5.74, 6) is -0.0242. The van der Waals surface area contributed by atoms with E-state index in [-0.39, 0.29) is 12.5 Å². The smallest absolute Gasteiger partial charge is 0.220 e. The van der Waals surface area contributed by atoms with Crippen molar-refractivity contribution >= 4 is 5.91 Å². The van der Waals surface area contributed by atoms with Gasteiger partial charge in [0.05, 0.1) is 18.8 Å². The Kier molecular flexibility index (Phi) is 59.2. The van der Waals surface area contributed by atoms with Gasteiger partial charge in [-0.1, -0.05) is 332 Å². The molecule has 0 aliphatic heterocycles. The minimum absolute atomic E-state index is 0.0242. The topological polar surface area (TPSA) is 69.6 Å². The summed E-state index contributed by atoms with van der Waals surface area (Å²) in [5.41, 5.74) is 0.